The Hall–Kier alpha value is -2.82. The van der Waals surface area contributed by atoms with Crippen molar-refractivity contribution in [1.29, 1.82) is 0 Å². The van der Waals surface area contributed by atoms with Gasteiger partial charge in [0.1, 0.15) is 0 Å². The van der Waals surface area contributed by atoms with Crippen LogP contribution in [-0.2, 0) is 11.2 Å². The molecule has 2 aliphatic rings. The summed E-state index contributed by atoms with van der Waals surface area (Å²) in [6, 6.07) is 16.5. The Kier molecular flexibility index (Phi) is 8.03. The van der Waals surface area contributed by atoms with E-state index in [1.165, 1.54) is 29.7 Å². The van der Waals surface area contributed by atoms with Gasteiger partial charge in [0, 0.05) is 50.4 Å². The van der Waals surface area contributed by atoms with Crippen LogP contribution in [0.4, 0.5) is 5.69 Å². The van der Waals surface area contributed by atoms with Crippen LogP contribution in [0.15, 0.2) is 48.5 Å². The maximum atomic E-state index is 12.7. The van der Waals surface area contributed by atoms with Gasteiger partial charge in [0.15, 0.2) is 0 Å². The van der Waals surface area contributed by atoms with Crippen molar-refractivity contribution in [3.8, 4) is 0 Å². The number of carbonyl (C=O) groups is 2. The number of para-hydroxylation sites is 1. The molecule has 176 valence electrons. The second-order valence-corrected chi connectivity index (χ2v) is 9.56. The molecule has 2 heterocycles. The van der Waals surface area contributed by atoms with E-state index >= 15 is 0 Å². The Labute approximate surface area is 198 Å². The summed E-state index contributed by atoms with van der Waals surface area (Å²) in [7, 11) is 0. The number of nitrogens with one attached hydrogen (secondary N) is 1. The molecule has 2 aromatic carbocycles. The second-order valence-electron chi connectivity index (χ2n) is 9.56. The third-order valence-corrected chi connectivity index (χ3v) is 7.11. The zero-order valence-corrected chi connectivity index (χ0v) is 19.9. The highest BCUT2D eigenvalue weighted by atomic mass is 16.2. The van der Waals surface area contributed by atoms with E-state index < -0.39 is 0 Å². The molecule has 5 heteroatoms. The van der Waals surface area contributed by atoms with Gasteiger partial charge in [-0.05, 0) is 75.1 Å². The molecule has 2 aromatic rings. The van der Waals surface area contributed by atoms with Gasteiger partial charge in [-0.15, -0.1) is 0 Å². The summed E-state index contributed by atoms with van der Waals surface area (Å²) in [6.45, 7) is 6.44. The van der Waals surface area contributed by atoms with E-state index in [0.717, 1.165) is 64.0 Å². The highest BCUT2D eigenvalue weighted by molar-refractivity contribution is 5.94. The predicted molar refractivity (Wildman–Crippen MR) is 134 cm³/mol. The van der Waals surface area contributed by atoms with Crippen LogP contribution < -0.4 is 10.2 Å². The third kappa shape index (κ3) is 6.37. The van der Waals surface area contributed by atoms with Gasteiger partial charge in [-0.3, -0.25) is 9.59 Å². The van der Waals surface area contributed by atoms with Crippen molar-refractivity contribution in [1.82, 2.24) is 10.2 Å². The predicted octanol–water partition coefficient (Wildman–Crippen LogP) is 4.59. The second kappa shape index (κ2) is 11.4. The molecule has 2 aliphatic heterocycles. The number of nitrogens with zero attached hydrogens (tertiary/aromatic N) is 2. The molecule has 1 N–H and O–H groups in total. The van der Waals surface area contributed by atoms with E-state index in [-0.39, 0.29) is 11.8 Å². The summed E-state index contributed by atoms with van der Waals surface area (Å²) in [5.74, 6) is 0.817. The first-order chi connectivity index (χ1) is 16.1. The molecule has 0 radical (unpaired) electrons. The minimum Gasteiger partial charge on any atom is -0.371 e. The van der Waals surface area contributed by atoms with Crippen molar-refractivity contribution >= 4 is 17.5 Å². The number of fused-ring (bicyclic) bond motifs is 1. The Bertz CT molecular complexity index is 932. The topological polar surface area (TPSA) is 52.7 Å². The lowest BCUT2D eigenvalue weighted by Gasteiger charge is -2.32. The average molecular weight is 448 g/mol. The van der Waals surface area contributed by atoms with Gasteiger partial charge in [-0.1, -0.05) is 35.9 Å². The van der Waals surface area contributed by atoms with Gasteiger partial charge in [-0.2, -0.15) is 0 Å². The van der Waals surface area contributed by atoms with Crippen LogP contribution in [-0.4, -0.2) is 49.4 Å². The summed E-state index contributed by atoms with van der Waals surface area (Å²) in [6.07, 6.45) is 6.82. The van der Waals surface area contributed by atoms with E-state index in [4.69, 9.17) is 0 Å². The summed E-state index contributed by atoms with van der Waals surface area (Å²) in [5.41, 5.74) is 4.74. The van der Waals surface area contributed by atoms with E-state index in [1.807, 2.05) is 36.1 Å². The van der Waals surface area contributed by atoms with Crippen LogP contribution in [0.5, 0.6) is 0 Å². The van der Waals surface area contributed by atoms with Gasteiger partial charge in [0.25, 0.3) is 5.91 Å². The molecule has 0 atom stereocenters. The summed E-state index contributed by atoms with van der Waals surface area (Å²) in [4.78, 5) is 29.4. The van der Waals surface area contributed by atoms with Crippen LogP contribution in [0.1, 0.15) is 60.0 Å². The minimum atomic E-state index is 0.127. The molecule has 0 aliphatic carbocycles. The van der Waals surface area contributed by atoms with Crippen molar-refractivity contribution in [3.63, 3.8) is 0 Å². The number of hydrogen-bond donors (Lipinski definition) is 1. The van der Waals surface area contributed by atoms with Crippen molar-refractivity contribution in [2.45, 2.75) is 51.9 Å². The number of amides is 2. The Morgan fingerprint density at radius 3 is 2.55 bits per heavy atom. The minimum absolute atomic E-state index is 0.127. The van der Waals surface area contributed by atoms with Crippen LogP contribution in [0, 0.1) is 12.8 Å². The normalized spacial score (nSPS) is 16.4. The summed E-state index contributed by atoms with van der Waals surface area (Å²) in [5, 5.41) is 3.11. The number of rotatable bonds is 8. The third-order valence-electron chi connectivity index (χ3n) is 7.11. The molecule has 33 heavy (non-hydrogen) atoms. The number of piperidine rings is 1. The number of benzene rings is 2. The van der Waals surface area contributed by atoms with Crippen molar-refractivity contribution < 1.29 is 9.59 Å². The fourth-order valence-corrected chi connectivity index (χ4v) is 5.07. The number of aryl methyl sites for hydroxylation is 2. The molecule has 5 nitrogen and oxygen atoms in total. The Morgan fingerprint density at radius 1 is 1.00 bits per heavy atom. The van der Waals surface area contributed by atoms with Crippen LogP contribution >= 0.6 is 0 Å². The summed E-state index contributed by atoms with van der Waals surface area (Å²) >= 11 is 0. The molecule has 1 fully saturated rings. The van der Waals surface area contributed by atoms with Crippen molar-refractivity contribution in [2.24, 2.45) is 5.92 Å². The Morgan fingerprint density at radius 2 is 1.76 bits per heavy atom. The number of hydrogen-bond acceptors (Lipinski definition) is 3. The lowest BCUT2D eigenvalue weighted by Crippen LogP contribution is -2.38. The SMILES string of the molecule is Cc1ccc(C(=O)N2CCC(CCC(=O)NCCCN3CCCc4ccccc43)CC2)cc1. The van der Waals surface area contributed by atoms with Gasteiger partial charge in [-0.25, -0.2) is 0 Å². The zero-order chi connectivity index (χ0) is 23.0. The van der Waals surface area contributed by atoms with Gasteiger partial charge in [0.2, 0.25) is 5.91 Å². The van der Waals surface area contributed by atoms with Gasteiger partial charge >= 0.3 is 0 Å². The quantitative estimate of drug-likeness (QED) is 0.603. The first kappa shape index (κ1) is 23.3. The number of anilines is 1. The van der Waals surface area contributed by atoms with E-state index in [0.29, 0.717) is 12.3 Å². The first-order valence-corrected chi connectivity index (χ1v) is 12.6. The lowest BCUT2D eigenvalue weighted by atomic mass is 9.91. The fraction of sp³-hybridized carbons (Fsp3) is 0.500. The Balaban J connectivity index is 1.10. The lowest BCUT2D eigenvalue weighted by molar-refractivity contribution is -0.121. The molecule has 1 saturated heterocycles. The number of likely N-dealkylation sites (tertiary alicyclic amines) is 1. The van der Waals surface area contributed by atoms with E-state index in [9.17, 15) is 9.59 Å². The monoisotopic (exact) mass is 447 g/mol. The van der Waals surface area contributed by atoms with Crippen molar-refractivity contribution in [3.05, 3.63) is 65.2 Å². The number of carbonyl (C=O) groups excluding carboxylic acids is 2. The fourth-order valence-electron chi connectivity index (χ4n) is 5.07. The largest absolute Gasteiger partial charge is 0.371 e. The molecule has 2 amide bonds. The summed E-state index contributed by atoms with van der Waals surface area (Å²) < 4.78 is 0. The van der Waals surface area contributed by atoms with Gasteiger partial charge < -0.3 is 15.1 Å². The van der Waals surface area contributed by atoms with E-state index in [2.05, 4.69) is 34.5 Å². The molecule has 0 saturated carbocycles. The van der Waals surface area contributed by atoms with Crippen LogP contribution in [0.3, 0.4) is 0 Å². The van der Waals surface area contributed by atoms with Gasteiger partial charge in [0.05, 0.1) is 0 Å². The zero-order valence-electron chi connectivity index (χ0n) is 19.9. The smallest absolute Gasteiger partial charge is 0.253 e. The molecule has 0 spiro atoms. The molecular weight excluding hydrogens is 410 g/mol. The standard InChI is InChI=1S/C28H37N3O2/c1-22-9-12-25(13-10-22)28(33)31-20-15-23(16-21-31)11-14-27(32)29-17-5-19-30-18-4-7-24-6-2-3-8-26(24)30/h2-3,6,8-10,12-13,23H,4-5,7,11,14-21H2,1H3,(H,29,32). The highest BCUT2D eigenvalue weighted by Gasteiger charge is 2.24. The van der Waals surface area contributed by atoms with Crippen LogP contribution in [0.2, 0.25) is 0 Å². The molecular formula is C28H37N3O2. The molecule has 0 aromatic heterocycles. The van der Waals surface area contributed by atoms with Crippen LogP contribution in [0.25, 0.3) is 0 Å². The first-order valence-electron chi connectivity index (χ1n) is 12.6. The van der Waals surface area contributed by atoms with Crippen molar-refractivity contribution in [2.75, 3.05) is 37.6 Å². The maximum absolute atomic E-state index is 12.7. The molecule has 0 bridgehead atoms. The molecule has 4 rings (SSSR count). The average Bonchev–Trinajstić information content (AvgIpc) is 2.86. The maximum Gasteiger partial charge on any atom is 0.253 e. The van der Waals surface area contributed by atoms with E-state index in [1.54, 1.807) is 0 Å². The molecule has 0 unspecified atom stereocenters. The highest BCUT2D eigenvalue weighted by Crippen LogP contribution is 2.26.